The predicted molar refractivity (Wildman–Crippen MR) is 82.6 cm³/mol. The summed E-state index contributed by atoms with van der Waals surface area (Å²) in [6.45, 7) is 0. The fraction of sp³-hybridized carbons (Fsp3) is 0.0769. The van der Waals surface area contributed by atoms with Crippen LogP contribution < -0.4 is 5.73 Å². The zero-order valence-corrected chi connectivity index (χ0v) is 13.5. The Kier molecular flexibility index (Phi) is 16.7. The Hall–Kier alpha value is -2.43. The number of aromatic nitrogens is 1. The molecule has 0 saturated heterocycles. The van der Waals surface area contributed by atoms with E-state index >= 15 is 0 Å². The molecule has 120 valence electrons. The summed E-state index contributed by atoms with van der Waals surface area (Å²) in [5.74, 6) is 0.553. The highest BCUT2D eigenvalue weighted by atomic mass is 79.9. The fourth-order valence-corrected chi connectivity index (χ4v) is 1.04. The Morgan fingerprint density at radius 1 is 1.23 bits per heavy atom. The molecule has 9 heteroatoms. The Morgan fingerprint density at radius 3 is 2.23 bits per heavy atom. The molecule has 0 aromatic carbocycles. The molecule has 1 atom stereocenters. The van der Waals surface area contributed by atoms with Gasteiger partial charge in [0.05, 0.1) is 6.26 Å². The molecule has 0 aliphatic rings. The maximum atomic E-state index is 8.83. The number of furan rings is 1. The largest absolute Gasteiger partial charge is 0.505 e. The highest BCUT2D eigenvalue weighted by molar-refractivity contribution is 8.93. The number of pyridine rings is 1. The second-order valence-corrected chi connectivity index (χ2v) is 3.18. The van der Waals surface area contributed by atoms with Crippen molar-refractivity contribution >= 4 is 17.0 Å². The third kappa shape index (κ3) is 8.68. The third-order valence-electron chi connectivity index (χ3n) is 1.93. The maximum absolute atomic E-state index is 8.83. The van der Waals surface area contributed by atoms with E-state index in [9.17, 15) is 0 Å². The predicted octanol–water partition coefficient (Wildman–Crippen LogP) is 1.79. The number of hydrogen-bond acceptors (Lipinski definition) is 7. The van der Waals surface area contributed by atoms with Gasteiger partial charge < -0.3 is 22.7 Å². The normalized spacial score (nSPS) is 8.77. The quantitative estimate of drug-likeness (QED) is 0.336. The molecule has 0 saturated carbocycles. The van der Waals surface area contributed by atoms with Crippen LogP contribution in [0.25, 0.3) is 0 Å². The van der Waals surface area contributed by atoms with Gasteiger partial charge in [0.15, 0.2) is 17.2 Å². The van der Waals surface area contributed by atoms with Gasteiger partial charge in [-0.05, 0) is 24.3 Å². The van der Waals surface area contributed by atoms with E-state index in [2.05, 4.69) is 10.7 Å². The second kappa shape index (κ2) is 15.0. The van der Waals surface area contributed by atoms with Gasteiger partial charge in [-0.1, -0.05) is 0 Å². The number of rotatable bonds is 1. The molecule has 0 aliphatic carbocycles. The van der Waals surface area contributed by atoms with E-state index in [0.717, 1.165) is 0 Å². The molecule has 2 rings (SSSR count). The summed E-state index contributed by atoms with van der Waals surface area (Å²) >= 11 is 0. The third-order valence-corrected chi connectivity index (χ3v) is 1.93. The van der Waals surface area contributed by atoms with Crippen molar-refractivity contribution in [1.29, 1.82) is 10.5 Å². The lowest BCUT2D eigenvalue weighted by atomic mass is 10.3. The molecule has 2 aromatic rings. The van der Waals surface area contributed by atoms with Crippen LogP contribution >= 0.6 is 17.0 Å². The molecule has 2 aromatic heterocycles. The van der Waals surface area contributed by atoms with Gasteiger partial charge in [-0.3, -0.25) is 10.5 Å². The number of hydrogen-bond donors (Lipinski definition) is 4. The average molecular weight is 373 g/mol. The summed E-state index contributed by atoms with van der Waals surface area (Å²) < 4.78 is 4.90. The van der Waals surface area contributed by atoms with Crippen LogP contribution in [-0.4, -0.2) is 20.6 Å². The molecule has 0 spiro atoms. The van der Waals surface area contributed by atoms with Crippen molar-refractivity contribution in [3.63, 3.8) is 0 Å². The Balaban J connectivity index is -0.000000273. The minimum Gasteiger partial charge on any atom is -0.505 e. The minimum atomic E-state index is -0.375. The first kappa shape index (κ1) is 24.6. The molecule has 0 amide bonds. The smallest absolute Gasteiger partial charge is 0.229 e. The molecule has 1 unspecified atom stereocenters. The van der Waals surface area contributed by atoms with Crippen molar-refractivity contribution in [2.75, 3.05) is 0 Å². The highest BCUT2D eigenvalue weighted by Crippen LogP contribution is 2.09. The molecule has 0 aliphatic heterocycles. The summed E-state index contributed by atoms with van der Waals surface area (Å²) in [6.07, 6.45) is 2.99. The van der Waals surface area contributed by atoms with E-state index in [-0.39, 0.29) is 41.9 Å². The Labute approximate surface area is 138 Å². The van der Waals surface area contributed by atoms with Crippen LogP contribution in [0.1, 0.15) is 17.5 Å². The summed E-state index contributed by atoms with van der Waals surface area (Å²) in [5.41, 5.74) is 3.61. The number of quaternary nitrogens is 1. The van der Waals surface area contributed by atoms with Crippen LogP contribution in [0.2, 0.25) is 0 Å². The number of nitriles is 2. The summed E-state index contributed by atoms with van der Waals surface area (Å²) in [5, 5.41) is 37.4. The SMILES string of the molecule is Br.N#CC([NH3+])c1ccco1.N#Cc1ncccc1O.OO.[CH3-]. The van der Waals surface area contributed by atoms with Gasteiger partial charge in [-0.25, -0.2) is 4.98 Å². The van der Waals surface area contributed by atoms with Crippen LogP contribution in [0.15, 0.2) is 41.1 Å². The standard InChI is InChI=1S/C6H6N2O.C6H4N2O.CH3.BrH.H2O2/c7-4-5(8)6-2-1-3-9-6;7-4-5-6(9)2-1-3-8-5;;;1-2/h1-3,5H,8H2;1-3,9H;1H3;1H;1-2H/q;;-1;;/p+1. The second-order valence-electron chi connectivity index (χ2n) is 3.18. The van der Waals surface area contributed by atoms with Gasteiger partial charge >= 0.3 is 0 Å². The Bertz CT molecular complexity index is 578. The zero-order valence-electron chi connectivity index (χ0n) is 11.7. The first-order valence-electron chi connectivity index (χ1n) is 5.19. The topological polar surface area (TPSA) is 162 Å². The zero-order chi connectivity index (χ0) is 15.4. The van der Waals surface area contributed by atoms with E-state index in [0.29, 0.717) is 5.76 Å². The minimum absolute atomic E-state index is 0. The van der Waals surface area contributed by atoms with Crippen molar-refractivity contribution in [2.24, 2.45) is 0 Å². The molecular formula is C13H17BrN4O4. The number of nitrogens with zero attached hydrogens (tertiary/aromatic N) is 3. The van der Waals surface area contributed by atoms with Crippen LogP contribution in [0, 0.1) is 30.1 Å². The van der Waals surface area contributed by atoms with Crippen molar-refractivity contribution < 1.29 is 25.8 Å². The average Bonchev–Trinajstić information content (AvgIpc) is 3.04. The van der Waals surface area contributed by atoms with Crippen LogP contribution in [0.4, 0.5) is 0 Å². The number of aromatic hydroxyl groups is 1. The summed E-state index contributed by atoms with van der Waals surface area (Å²) in [4.78, 5) is 3.59. The maximum Gasteiger partial charge on any atom is 0.229 e. The van der Waals surface area contributed by atoms with Crippen molar-refractivity contribution in [3.05, 3.63) is 55.6 Å². The van der Waals surface area contributed by atoms with Crippen molar-refractivity contribution in [3.8, 4) is 17.9 Å². The molecule has 0 radical (unpaired) electrons. The molecular weight excluding hydrogens is 356 g/mol. The lowest BCUT2D eigenvalue weighted by Gasteiger charge is -1.89. The van der Waals surface area contributed by atoms with Gasteiger partial charge in [-0.15, -0.1) is 17.0 Å². The molecule has 8 nitrogen and oxygen atoms in total. The van der Waals surface area contributed by atoms with Crippen molar-refractivity contribution in [2.45, 2.75) is 6.04 Å². The highest BCUT2D eigenvalue weighted by Gasteiger charge is 2.08. The Morgan fingerprint density at radius 2 is 1.86 bits per heavy atom. The van der Waals surface area contributed by atoms with E-state index < -0.39 is 0 Å². The van der Waals surface area contributed by atoms with Gasteiger partial charge in [0.2, 0.25) is 6.04 Å². The van der Waals surface area contributed by atoms with Crippen LogP contribution in [0.3, 0.4) is 0 Å². The fourth-order valence-electron chi connectivity index (χ4n) is 1.04. The lowest BCUT2D eigenvalue weighted by molar-refractivity contribution is -0.409. The van der Waals surface area contributed by atoms with Gasteiger partial charge in [0, 0.05) is 6.20 Å². The van der Waals surface area contributed by atoms with E-state index in [1.165, 1.54) is 18.5 Å². The number of halogens is 1. The van der Waals surface area contributed by atoms with Crippen LogP contribution in [0.5, 0.6) is 5.75 Å². The van der Waals surface area contributed by atoms with Crippen molar-refractivity contribution in [1.82, 2.24) is 4.98 Å². The van der Waals surface area contributed by atoms with E-state index in [1.807, 2.05) is 6.07 Å². The first-order chi connectivity index (χ1) is 9.69. The van der Waals surface area contributed by atoms with Gasteiger partial charge in [0.25, 0.3) is 0 Å². The first-order valence-corrected chi connectivity index (χ1v) is 5.19. The lowest BCUT2D eigenvalue weighted by Crippen LogP contribution is -2.52. The summed E-state index contributed by atoms with van der Waals surface area (Å²) in [6, 6.07) is 9.79. The van der Waals surface area contributed by atoms with Gasteiger partial charge in [0.1, 0.15) is 12.1 Å². The monoisotopic (exact) mass is 372 g/mol. The molecule has 0 bridgehead atoms. The summed E-state index contributed by atoms with van der Waals surface area (Å²) in [7, 11) is 0. The van der Waals surface area contributed by atoms with E-state index in [1.54, 1.807) is 24.3 Å². The van der Waals surface area contributed by atoms with Gasteiger partial charge in [-0.2, -0.15) is 10.5 Å². The van der Waals surface area contributed by atoms with Crippen LogP contribution in [-0.2, 0) is 0 Å². The molecule has 2 heterocycles. The molecule has 0 fully saturated rings. The molecule has 6 N–H and O–H groups in total. The molecule has 22 heavy (non-hydrogen) atoms. The van der Waals surface area contributed by atoms with E-state index in [4.69, 9.17) is 30.6 Å².